The minimum atomic E-state index is -0.145. The Kier molecular flexibility index (Phi) is 6.95. The molecule has 0 saturated heterocycles. The second kappa shape index (κ2) is 8.72. The lowest BCUT2D eigenvalue weighted by Crippen LogP contribution is -2.38. The van der Waals surface area contributed by atoms with Crippen LogP contribution in [0.2, 0.25) is 5.02 Å². The van der Waals surface area contributed by atoms with Gasteiger partial charge in [0.1, 0.15) is 0 Å². The summed E-state index contributed by atoms with van der Waals surface area (Å²) in [5.41, 5.74) is 0.601. The van der Waals surface area contributed by atoms with Gasteiger partial charge in [0, 0.05) is 27.6 Å². The molecule has 6 heteroatoms. The van der Waals surface area contributed by atoms with E-state index >= 15 is 0 Å². The highest BCUT2D eigenvalue weighted by atomic mass is 127. The molecule has 0 unspecified atom stereocenters. The maximum Gasteiger partial charge on any atom is 0.252 e. The fourth-order valence-electron chi connectivity index (χ4n) is 2.64. The van der Waals surface area contributed by atoms with Crippen LogP contribution in [-0.2, 0) is 4.79 Å². The topological polar surface area (TPSA) is 58.2 Å². The molecular formula is C16H20ClIN2O2. The molecule has 1 aliphatic carbocycles. The first-order valence-electron chi connectivity index (χ1n) is 7.59. The molecular weight excluding hydrogens is 415 g/mol. The van der Waals surface area contributed by atoms with E-state index in [0.717, 1.165) is 29.3 Å². The van der Waals surface area contributed by atoms with Gasteiger partial charge in [-0.25, -0.2) is 0 Å². The normalized spacial score (nSPS) is 15.4. The zero-order chi connectivity index (χ0) is 15.9. The molecule has 2 rings (SSSR count). The average Bonchev–Trinajstić information content (AvgIpc) is 2.52. The van der Waals surface area contributed by atoms with Gasteiger partial charge in [0.05, 0.1) is 5.56 Å². The van der Waals surface area contributed by atoms with Gasteiger partial charge in [0.25, 0.3) is 5.91 Å². The van der Waals surface area contributed by atoms with Crippen molar-refractivity contribution in [3.63, 3.8) is 0 Å². The van der Waals surface area contributed by atoms with E-state index in [2.05, 4.69) is 33.2 Å². The smallest absolute Gasteiger partial charge is 0.252 e. The number of hydrogen-bond acceptors (Lipinski definition) is 2. The van der Waals surface area contributed by atoms with E-state index in [4.69, 9.17) is 11.6 Å². The van der Waals surface area contributed by atoms with Crippen LogP contribution in [0.25, 0.3) is 0 Å². The van der Waals surface area contributed by atoms with Crippen LogP contribution in [0.5, 0.6) is 0 Å². The summed E-state index contributed by atoms with van der Waals surface area (Å²) in [6.07, 6.45) is 5.50. The monoisotopic (exact) mass is 434 g/mol. The molecule has 0 aliphatic heterocycles. The van der Waals surface area contributed by atoms with Crippen molar-refractivity contribution in [2.45, 2.75) is 32.1 Å². The van der Waals surface area contributed by atoms with Crippen molar-refractivity contribution in [1.82, 2.24) is 10.6 Å². The molecule has 0 aromatic heterocycles. The zero-order valence-electron chi connectivity index (χ0n) is 12.3. The number of rotatable bonds is 5. The molecule has 0 radical (unpaired) electrons. The number of benzene rings is 1. The lowest BCUT2D eigenvalue weighted by Gasteiger charge is -2.20. The van der Waals surface area contributed by atoms with Gasteiger partial charge in [0.2, 0.25) is 5.91 Å². The highest BCUT2D eigenvalue weighted by Gasteiger charge is 2.20. The van der Waals surface area contributed by atoms with E-state index in [1.165, 1.54) is 6.42 Å². The molecule has 0 bridgehead atoms. The minimum Gasteiger partial charge on any atom is -0.354 e. The third-order valence-electron chi connectivity index (χ3n) is 3.86. The molecule has 2 N–H and O–H groups in total. The number of carbonyl (C=O) groups is 2. The summed E-state index contributed by atoms with van der Waals surface area (Å²) in [6, 6.07) is 5.16. The Labute approximate surface area is 149 Å². The van der Waals surface area contributed by atoms with Crippen molar-refractivity contribution in [2.24, 2.45) is 5.92 Å². The largest absolute Gasteiger partial charge is 0.354 e. The van der Waals surface area contributed by atoms with Crippen LogP contribution in [0.1, 0.15) is 42.5 Å². The van der Waals surface area contributed by atoms with Crippen molar-refractivity contribution < 1.29 is 9.59 Å². The average molecular weight is 435 g/mol. The van der Waals surface area contributed by atoms with Crippen molar-refractivity contribution in [3.8, 4) is 0 Å². The maximum absolute atomic E-state index is 12.1. The van der Waals surface area contributed by atoms with E-state index < -0.39 is 0 Å². The van der Waals surface area contributed by atoms with Crippen LogP contribution in [0.15, 0.2) is 18.2 Å². The Morgan fingerprint density at radius 3 is 2.50 bits per heavy atom. The second-order valence-electron chi connectivity index (χ2n) is 5.51. The molecule has 0 spiro atoms. The van der Waals surface area contributed by atoms with Crippen molar-refractivity contribution in [2.75, 3.05) is 13.1 Å². The van der Waals surface area contributed by atoms with Gasteiger partial charge < -0.3 is 10.6 Å². The van der Waals surface area contributed by atoms with Crippen LogP contribution in [0, 0.1) is 9.49 Å². The van der Waals surface area contributed by atoms with Gasteiger partial charge >= 0.3 is 0 Å². The van der Waals surface area contributed by atoms with Crippen LogP contribution in [0.4, 0.5) is 0 Å². The van der Waals surface area contributed by atoms with Crippen LogP contribution < -0.4 is 10.6 Å². The highest BCUT2D eigenvalue weighted by Crippen LogP contribution is 2.23. The van der Waals surface area contributed by atoms with E-state index in [1.807, 2.05) is 0 Å². The fourth-order valence-corrected chi connectivity index (χ4v) is 3.76. The Hall–Kier alpha value is -0.820. The first kappa shape index (κ1) is 17.5. The lowest BCUT2D eigenvalue weighted by atomic mass is 9.89. The van der Waals surface area contributed by atoms with Crippen molar-refractivity contribution in [1.29, 1.82) is 0 Å². The van der Waals surface area contributed by atoms with E-state index in [0.29, 0.717) is 23.7 Å². The summed E-state index contributed by atoms with van der Waals surface area (Å²) >= 11 is 7.96. The van der Waals surface area contributed by atoms with Gasteiger partial charge in [0.15, 0.2) is 0 Å². The molecule has 0 heterocycles. The predicted octanol–water partition coefficient (Wildman–Crippen LogP) is 3.37. The summed E-state index contributed by atoms with van der Waals surface area (Å²) in [5, 5.41) is 6.33. The van der Waals surface area contributed by atoms with E-state index in [9.17, 15) is 9.59 Å². The Morgan fingerprint density at radius 2 is 1.82 bits per heavy atom. The van der Waals surface area contributed by atoms with Gasteiger partial charge in [-0.2, -0.15) is 0 Å². The van der Waals surface area contributed by atoms with Crippen molar-refractivity contribution in [3.05, 3.63) is 32.4 Å². The second-order valence-corrected chi connectivity index (χ2v) is 7.10. The number of halogens is 2. The third kappa shape index (κ3) is 5.12. The molecule has 2 amide bonds. The van der Waals surface area contributed by atoms with Crippen molar-refractivity contribution >= 4 is 46.0 Å². The molecule has 22 heavy (non-hydrogen) atoms. The molecule has 1 saturated carbocycles. The van der Waals surface area contributed by atoms with Crippen LogP contribution in [0.3, 0.4) is 0 Å². The maximum atomic E-state index is 12.1. The Morgan fingerprint density at radius 1 is 1.14 bits per heavy atom. The van der Waals surface area contributed by atoms with E-state index in [1.54, 1.807) is 18.2 Å². The highest BCUT2D eigenvalue weighted by molar-refractivity contribution is 14.1. The van der Waals surface area contributed by atoms with Crippen LogP contribution >= 0.6 is 34.2 Å². The summed E-state index contributed by atoms with van der Waals surface area (Å²) in [4.78, 5) is 24.0. The van der Waals surface area contributed by atoms with E-state index in [-0.39, 0.29) is 17.7 Å². The first-order valence-corrected chi connectivity index (χ1v) is 9.04. The summed E-state index contributed by atoms with van der Waals surface area (Å²) in [6.45, 7) is 0.890. The summed E-state index contributed by atoms with van der Waals surface area (Å²) in [7, 11) is 0. The Bertz CT molecular complexity index is 545. The Balaban J connectivity index is 1.71. The fraction of sp³-hybridized carbons (Fsp3) is 0.500. The molecule has 120 valence electrons. The molecule has 1 aliphatic rings. The summed E-state index contributed by atoms with van der Waals surface area (Å²) < 4.78 is 0.814. The first-order chi connectivity index (χ1) is 10.6. The number of nitrogens with one attached hydrogen (secondary N) is 2. The SMILES string of the molecule is O=C(NCCNC(=O)C1CCCCC1)c1ccc(Cl)cc1I. The van der Waals surface area contributed by atoms with Gasteiger partial charge in [-0.1, -0.05) is 30.9 Å². The molecule has 0 atom stereocenters. The van der Waals surface area contributed by atoms with Crippen LogP contribution in [-0.4, -0.2) is 24.9 Å². The number of amides is 2. The molecule has 4 nitrogen and oxygen atoms in total. The molecule has 1 fully saturated rings. The molecule has 1 aromatic rings. The number of hydrogen-bond donors (Lipinski definition) is 2. The minimum absolute atomic E-state index is 0.120. The molecule has 1 aromatic carbocycles. The standard InChI is InChI=1S/C16H20ClIN2O2/c17-12-6-7-13(14(18)10-12)16(22)20-9-8-19-15(21)11-4-2-1-3-5-11/h6-7,10-11H,1-5,8-9H2,(H,19,21)(H,20,22). The lowest BCUT2D eigenvalue weighted by molar-refractivity contribution is -0.125. The third-order valence-corrected chi connectivity index (χ3v) is 4.99. The number of carbonyl (C=O) groups excluding carboxylic acids is 2. The van der Waals surface area contributed by atoms with Gasteiger partial charge in [-0.05, 0) is 53.6 Å². The quantitative estimate of drug-likeness (QED) is 0.551. The summed E-state index contributed by atoms with van der Waals surface area (Å²) in [5.74, 6) is 0.129. The predicted molar refractivity (Wildman–Crippen MR) is 96.1 cm³/mol. The van der Waals surface area contributed by atoms with Gasteiger partial charge in [-0.15, -0.1) is 0 Å². The van der Waals surface area contributed by atoms with Gasteiger partial charge in [-0.3, -0.25) is 9.59 Å². The zero-order valence-corrected chi connectivity index (χ0v) is 15.2.